The zero-order chi connectivity index (χ0) is 10.7. The number of benzene rings is 1. The molecule has 0 amide bonds. The van der Waals surface area contributed by atoms with E-state index in [1.54, 1.807) is 23.6 Å². The maximum Gasteiger partial charge on any atom is 0.141 e. The third-order valence-corrected chi connectivity index (χ3v) is 2.88. The zero-order valence-corrected chi connectivity index (χ0v) is 9.23. The van der Waals surface area contributed by atoms with Crippen LogP contribution < -0.4 is 0 Å². The van der Waals surface area contributed by atoms with Crippen molar-refractivity contribution in [3.63, 3.8) is 0 Å². The van der Waals surface area contributed by atoms with E-state index >= 15 is 0 Å². The number of hydrogen-bond donors (Lipinski definition) is 0. The Morgan fingerprint density at radius 3 is 2.87 bits per heavy atom. The van der Waals surface area contributed by atoms with E-state index in [4.69, 9.17) is 11.6 Å². The normalized spacial score (nSPS) is 11.1. The topological polar surface area (TPSA) is 12.4 Å². The Balaban J connectivity index is 2.21. The van der Waals surface area contributed by atoms with Gasteiger partial charge in [0, 0.05) is 11.1 Å². The molecule has 0 saturated carbocycles. The van der Waals surface area contributed by atoms with Crippen LogP contribution in [0.5, 0.6) is 0 Å². The van der Waals surface area contributed by atoms with Crippen LogP contribution in [0, 0.1) is 5.82 Å². The summed E-state index contributed by atoms with van der Waals surface area (Å²) in [7, 11) is 0. The van der Waals surface area contributed by atoms with E-state index in [1.165, 1.54) is 12.1 Å². The van der Waals surface area contributed by atoms with Crippen LogP contribution in [0.25, 0.3) is 0 Å². The predicted molar refractivity (Wildman–Crippen MR) is 63.0 cm³/mol. The number of nitrogens with zero attached hydrogens (tertiary/aromatic N) is 1. The first-order valence-corrected chi connectivity index (χ1v) is 5.54. The molecule has 0 saturated heterocycles. The lowest BCUT2D eigenvalue weighted by atomic mass is 10.3. The number of hydrogen-bond acceptors (Lipinski definition) is 2. The van der Waals surface area contributed by atoms with Gasteiger partial charge >= 0.3 is 0 Å². The summed E-state index contributed by atoms with van der Waals surface area (Å²) in [5.74, 6) is -0.424. The molecule has 0 atom stereocenters. The number of thiophene rings is 1. The molecule has 1 aromatic heterocycles. The third-order valence-electron chi connectivity index (χ3n) is 1.79. The first kappa shape index (κ1) is 10.3. The lowest BCUT2D eigenvalue weighted by Gasteiger charge is -1.95. The maximum atomic E-state index is 12.8. The van der Waals surface area contributed by atoms with Crippen LogP contribution >= 0.6 is 22.9 Å². The minimum Gasteiger partial charge on any atom is -0.255 e. The molecule has 76 valence electrons. The van der Waals surface area contributed by atoms with Crippen LogP contribution in [0.4, 0.5) is 10.1 Å². The maximum absolute atomic E-state index is 12.8. The quantitative estimate of drug-likeness (QED) is 0.694. The SMILES string of the molecule is Fc1ccc(N=Cc2cccs2)cc1Cl. The molecule has 0 aliphatic heterocycles. The van der Waals surface area contributed by atoms with Crippen molar-refractivity contribution in [3.05, 3.63) is 51.4 Å². The summed E-state index contributed by atoms with van der Waals surface area (Å²) in [5.41, 5.74) is 0.648. The monoisotopic (exact) mass is 239 g/mol. The summed E-state index contributed by atoms with van der Waals surface area (Å²) in [4.78, 5) is 5.24. The Bertz CT molecular complexity index is 479. The fourth-order valence-corrected chi connectivity index (χ4v) is 1.83. The Labute approximate surface area is 95.9 Å². The van der Waals surface area contributed by atoms with Crippen molar-refractivity contribution in [1.82, 2.24) is 0 Å². The van der Waals surface area contributed by atoms with Gasteiger partial charge in [0.2, 0.25) is 0 Å². The van der Waals surface area contributed by atoms with Crippen LogP contribution in [0.1, 0.15) is 4.88 Å². The molecule has 2 aromatic rings. The predicted octanol–water partition coefficient (Wildman–Crippen LogP) is 4.29. The first-order valence-electron chi connectivity index (χ1n) is 4.28. The van der Waals surface area contributed by atoms with E-state index in [9.17, 15) is 4.39 Å². The van der Waals surface area contributed by atoms with Crippen LogP contribution in [0.2, 0.25) is 5.02 Å². The molecular formula is C11H7ClFNS. The molecule has 2 rings (SSSR count). The van der Waals surface area contributed by atoms with Crippen molar-refractivity contribution in [2.24, 2.45) is 4.99 Å². The van der Waals surface area contributed by atoms with Gasteiger partial charge in [0.15, 0.2) is 0 Å². The van der Waals surface area contributed by atoms with Gasteiger partial charge in [-0.05, 0) is 29.6 Å². The second kappa shape index (κ2) is 4.55. The van der Waals surface area contributed by atoms with E-state index < -0.39 is 5.82 Å². The number of halogens is 2. The van der Waals surface area contributed by atoms with Gasteiger partial charge in [0.25, 0.3) is 0 Å². The van der Waals surface area contributed by atoms with Crippen molar-refractivity contribution >= 4 is 34.8 Å². The van der Waals surface area contributed by atoms with Crippen LogP contribution in [0.3, 0.4) is 0 Å². The molecule has 0 aliphatic carbocycles. The van der Waals surface area contributed by atoms with Crippen molar-refractivity contribution in [2.45, 2.75) is 0 Å². The van der Waals surface area contributed by atoms with Crippen LogP contribution in [-0.2, 0) is 0 Å². The molecule has 0 fully saturated rings. The van der Waals surface area contributed by atoms with Crippen molar-refractivity contribution in [1.29, 1.82) is 0 Å². The summed E-state index contributed by atoms with van der Waals surface area (Å²) in [6.07, 6.45) is 1.73. The minimum atomic E-state index is -0.424. The molecular weight excluding hydrogens is 233 g/mol. The van der Waals surface area contributed by atoms with Gasteiger partial charge in [-0.2, -0.15) is 0 Å². The van der Waals surface area contributed by atoms with E-state index in [2.05, 4.69) is 4.99 Å². The van der Waals surface area contributed by atoms with Crippen molar-refractivity contribution < 1.29 is 4.39 Å². The van der Waals surface area contributed by atoms with Gasteiger partial charge in [-0.25, -0.2) is 4.39 Å². The molecule has 0 spiro atoms. The molecule has 1 nitrogen and oxygen atoms in total. The smallest absolute Gasteiger partial charge is 0.141 e. The van der Waals surface area contributed by atoms with Gasteiger partial charge < -0.3 is 0 Å². The summed E-state index contributed by atoms with van der Waals surface area (Å²) in [6, 6.07) is 8.30. The highest BCUT2D eigenvalue weighted by atomic mass is 35.5. The van der Waals surface area contributed by atoms with Crippen molar-refractivity contribution in [2.75, 3.05) is 0 Å². The second-order valence-corrected chi connectivity index (χ2v) is 4.26. The third kappa shape index (κ3) is 2.64. The van der Waals surface area contributed by atoms with Gasteiger partial charge in [0.1, 0.15) is 5.82 Å². The van der Waals surface area contributed by atoms with Gasteiger partial charge in [-0.1, -0.05) is 17.7 Å². The summed E-state index contributed by atoms with van der Waals surface area (Å²) in [6.45, 7) is 0. The summed E-state index contributed by atoms with van der Waals surface area (Å²) >= 11 is 7.22. The number of rotatable bonds is 2. The lowest BCUT2D eigenvalue weighted by molar-refractivity contribution is 0.628. The van der Waals surface area contributed by atoms with E-state index in [0.717, 1.165) is 4.88 Å². The average Bonchev–Trinajstić information content (AvgIpc) is 2.73. The molecule has 4 heteroatoms. The molecule has 15 heavy (non-hydrogen) atoms. The highest BCUT2D eigenvalue weighted by Crippen LogP contribution is 2.21. The Morgan fingerprint density at radius 2 is 2.20 bits per heavy atom. The zero-order valence-electron chi connectivity index (χ0n) is 7.65. The summed E-state index contributed by atoms with van der Waals surface area (Å²) < 4.78 is 12.8. The number of aliphatic imine (C=N–C) groups is 1. The Morgan fingerprint density at radius 1 is 1.33 bits per heavy atom. The van der Waals surface area contributed by atoms with Crippen molar-refractivity contribution in [3.8, 4) is 0 Å². The Hall–Kier alpha value is -1.19. The molecule has 1 heterocycles. The lowest BCUT2D eigenvalue weighted by Crippen LogP contribution is -1.76. The van der Waals surface area contributed by atoms with Gasteiger partial charge in [-0.15, -0.1) is 11.3 Å². The van der Waals surface area contributed by atoms with Crippen LogP contribution in [-0.4, -0.2) is 6.21 Å². The van der Waals surface area contributed by atoms with Gasteiger partial charge in [0.05, 0.1) is 10.7 Å². The fraction of sp³-hybridized carbons (Fsp3) is 0. The fourth-order valence-electron chi connectivity index (χ4n) is 1.07. The molecule has 0 radical (unpaired) electrons. The van der Waals surface area contributed by atoms with E-state index in [0.29, 0.717) is 5.69 Å². The van der Waals surface area contributed by atoms with E-state index in [1.807, 2.05) is 17.5 Å². The molecule has 1 aromatic carbocycles. The minimum absolute atomic E-state index is 0.0934. The van der Waals surface area contributed by atoms with Gasteiger partial charge in [-0.3, -0.25) is 4.99 Å². The molecule has 0 N–H and O–H groups in total. The second-order valence-electron chi connectivity index (χ2n) is 2.87. The van der Waals surface area contributed by atoms with Crippen LogP contribution in [0.15, 0.2) is 40.7 Å². The highest BCUT2D eigenvalue weighted by Gasteiger charge is 1.98. The standard InChI is InChI=1S/C11H7ClFNS/c12-10-6-8(3-4-11(10)13)14-7-9-2-1-5-15-9/h1-7H. The first-order chi connectivity index (χ1) is 7.25. The Kier molecular flexibility index (Phi) is 3.14. The van der Waals surface area contributed by atoms with E-state index in [-0.39, 0.29) is 5.02 Å². The molecule has 0 unspecified atom stereocenters. The summed E-state index contributed by atoms with van der Waals surface area (Å²) in [5, 5.41) is 2.06. The molecule has 0 bridgehead atoms. The average molecular weight is 240 g/mol. The highest BCUT2D eigenvalue weighted by molar-refractivity contribution is 7.11. The largest absolute Gasteiger partial charge is 0.255 e. The molecule has 0 aliphatic rings.